The molecular weight excluding hydrogens is 336 g/mol. The normalized spacial score (nSPS) is 11.7. The van der Waals surface area contributed by atoms with Gasteiger partial charge in [0.25, 0.3) is 0 Å². The lowest BCUT2D eigenvalue weighted by molar-refractivity contribution is 0.340. The summed E-state index contributed by atoms with van der Waals surface area (Å²) in [5.41, 5.74) is 2.97. The van der Waals surface area contributed by atoms with Crippen LogP contribution in [0.2, 0.25) is 0 Å². The third-order valence-corrected chi connectivity index (χ3v) is 4.25. The highest BCUT2D eigenvalue weighted by atomic mass is 16.5. The zero-order chi connectivity index (χ0) is 18.6. The van der Waals surface area contributed by atoms with Gasteiger partial charge in [-0.3, -0.25) is 0 Å². The predicted molar refractivity (Wildman–Crippen MR) is 107 cm³/mol. The molecule has 0 aliphatic carbocycles. The number of rotatable bonds is 4. The number of ether oxygens (including phenoxy) is 1. The van der Waals surface area contributed by atoms with Crippen LogP contribution >= 0.6 is 0 Å². The number of hydrogen-bond donors (Lipinski definition) is 0. The van der Waals surface area contributed by atoms with Gasteiger partial charge in [0, 0.05) is 23.2 Å². The number of hydrogen-bond acceptors (Lipinski definition) is 4. The van der Waals surface area contributed by atoms with Crippen LogP contribution in [-0.2, 0) is 0 Å². The summed E-state index contributed by atoms with van der Waals surface area (Å²) < 4.78 is 11.8. The monoisotopic (exact) mass is 356 g/mol. The van der Waals surface area contributed by atoms with Crippen molar-refractivity contribution in [2.24, 2.45) is 4.99 Å². The van der Waals surface area contributed by atoms with Gasteiger partial charge < -0.3 is 9.15 Å². The van der Waals surface area contributed by atoms with Crippen LogP contribution in [0.4, 0.5) is 5.82 Å². The smallest absolute Gasteiger partial charge is 0.152 e. The molecule has 4 nitrogen and oxygen atoms in total. The molecular formula is C23H20N2O2. The Kier molecular flexibility index (Phi) is 4.71. The summed E-state index contributed by atoms with van der Waals surface area (Å²) >= 11 is 0. The van der Waals surface area contributed by atoms with Gasteiger partial charge in [0.2, 0.25) is 0 Å². The molecule has 4 aromatic rings. The van der Waals surface area contributed by atoms with E-state index in [9.17, 15) is 0 Å². The summed E-state index contributed by atoms with van der Waals surface area (Å²) in [6.45, 7) is 4.64. The lowest BCUT2D eigenvalue weighted by Crippen LogP contribution is -2.04. The summed E-state index contributed by atoms with van der Waals surface area (Å²) in [6, 6.07) is 21.7. The molecule has 0 bridgehead atoms. The quantitative estimate of drug-likeness (QED) is 0.489. The molecule has 0 aliphatic rings. The highest BCUT2D eigenvalue weighted by Crippen LogP contribution is 2.25. The maximum absolute atomic E-state index is 6.16. The van der Waals surface area contributed by atoms with Gasteiger partial charge in [-0.1, -0.05) is 35.9 Å². The number of pyridine rings is 1. The van der Waals surface area contributed by atoms with Crippen molar-refractivity contribution >= 4 is 16.8 Å². The Balaban J connectivity index is 1.96. The van der Waals surface area contributed by atoms with Crippen molar-refractivity contribution in [3.63, 3.8) is 0 Å². The van der Waals surface area contributed by atoms with Crippen LogP contribution in [0.25, 0.3) is 22.3 Å². The minimum atomic E-state index is 0.608. The summed E-state index contributed by atoms with van der Waals surface area (Å²) in [7, 11) is 0. The fourth-order valence-electron chi connectivity index (χ4n) is 2.90. The van der Waals surface area contributed by atoms with Gasteiger partial charge in [0.15, 0.2) is 5.82 Å². The van der Waals surface area contributed by atoms with Crippen molar-refractivity contribution < 1.29 is 9.15 Å². The third-order valence-electron chi connectivity index (χ3n) is 4.25. The van der Waals surface area contributed by atoms with Crippen molar-refractivity contribution in [2.75, 3.05) is 6.61 Å². The number of fused-ring (bicyclic) bond motifs is 1. The fraction of sp³-hybridized carbons (Fsp3) is 0.130. The van der Waals surface area contributed by atoms with E-state index in [4.69, 9.17) is 14.1 Å². The first-order valence-electron chi connectivity index (χ1n) is 8.96. The van der Waals surface area contributed by atoms with E-state index in [1.54, 1.807) is 6.20 Å². The van der Waals surface area contributed by atoms with E-state index in [2.05, 4.69) is 36.2 Å². The molecule has 0 saturated carbocycles. The van der Waals surface area contributed by atoms with Gasteiger partial charge in [-0.15, -0.1) is 0 Å². The Hall–Kier alpha value is -3.40. The number of aryl methyl sites for hydroxylation is 1. The van der Waals surface area contributed by atoms with Crippen molar-refractivity contribution in [1.29, 1.82) is 0 Å². The molecule has 4 heteroatoms. The lowest BCUT2D eigenvalue weighted by atomic mass is 10.1. The van der Waals surface area contributed by atoms with Gasteiger partial charge in [0.05, 0.1) is 12.0 Å². The second-order valence-corrected chi connectivity index (χ2v) is 6.25. The number of benzene rings is 2. The summed E-state index contributed by atoms with van der Waals surface area (Å²) in [4.78, 5) is 9.07. The van der Waals surface area contributed by atoms with E-state index in [1.807, 2.05) is 49.4 Å². The first kappa shape index (κ1) is 17.0. The molecule has 0 unspecified atom stereocenters. The Morgan fingerprint density at radius 3 is 2.59 bits per heavy atom. The third kappa shape index (κ3) is 3.75. The van der Waals surface area contributed by atoms with Gasteiger partial charge in [-0.25, -0.2) is 9.98 Å². The van der Waals surface area contributed by atoms with Crippen molar-refractivity contribution in [2.45, 2.75) is 13.8 Å². The highest BCUT2D eigenvalue weighted by Gasteiger charge is 2.08. The van der Waals surface area contributed by atoms with E-state index in [0.717, 1.165) is 33.4 Å². The summed E-state index contributed by atoms with van der Waals surface area (Å²) in [5.74, 6) is 2.21. The molecule has 134 valence electrons. The van der Waals surface area contributed by atoms with Gasteiger partial charge in [-0.2, -0.15) is 0 Å². The van der Waals surface area contributed by atoms with Crippen LogP contribution in [0.3, 0.4) is 0 Å². The number of nitrogens with zero attached hydrogens (tertiary/aromatic N) is 2. The van der Waals surface area contributed by atoms with E-state index in [-0.39, 0.29) is 0 Å². The average molecular weight is 356 g/mol. The van der Waals surface area contributed by atoms with Crippen LogP contribution in [0.1, 0.15) is 12.5 Å². The minimum absolute atomic E-state index is 0.608. The topological polar surface area (TPSA) is 47.6 Å². The lowest BCUT2D eigenvalue weighted by Gasteiger charge is -2.08. The van der Waals surface area contributed by atoms with Gasteiger partial charge >= 0.3 is 0 Å². The second kappa shape index (κ2) is 7.46. The number of aromatic nitrogens is 1. The maximum Gasteiger partial charge on any atom is 0.152 e. The van der Waals surface area contributed by atoms with Crippen LogP contribution in [0.15, 0.2) is 82.3 Å². The SMILES string of the molecule is CCOc1ccc2oc(-c3ccc(C)cc3)c/c(=N\c3ccccn3)c2c1. The fourth-order valence-corrected chi connectivity index (χ4v) is 2.90. The van der Waals surface area contributed by atoms with Crippen molar-refractivity contribution in [3.8, 4) is 17.1 Å². The zero-order valence-electron chi connectivity index (χ0n) is 15.3. The molecule has 0 aliphatic heterocycles. The van der Waals surface area contributed by atoms with Crippen LogP contribution in [-0.4, -0.2) is 11.6 Å². The summed E-state index contributed by atoms with van der Waals surface area (Å²) in [6.07, 6.45) is 1.74. The Morgan fingerprint density at radius 1 is 1.00 bits per heavy atom. The van der Waals surface area contributed by atoms with Gasteiger partial charge in [-0.05, 0) is 44.2 Å². The molecule has 2 heterocycles. The molecule has 0 fully saturated rings. The van der Waals surface area contributed by atoms with E-state index in [0.29, 0.717) is 12.4 Å². The zero-order valence-corrected chi connectivity index (χ0v) is 15.3. The van der Waals surface area contributed by atoms with Gasteiger partial charge in [0.1, 0.15) is 17.1 Å². The Labute approximate surface area is 157 Å². The molecule has 4 rings (SSSR count). The Morgan fingerprint density at radius 2 is 1.85 bits per heavy atom. The Bertz CT molecular complexity index is 1130. The molecule has 0 spiro atoms. The first-order valence-corrected chi connectivity index (χ1v) is 8.96. The molecule has 0 radical (unpaired) electrons. The molecule has 0 amide bonds. The predicted octanol–water partition coefficient (Wildman–Crippen LogP) is 5.43. The van der Waals surface area contributed by atoms with E-state index in [1.165, 1.54) is 5.56 Å². The van der Waals surface area contributed by atoms with Crippen LogP contribution < -0.4 is 10.1 Å². The van der Waals surface area contributed by atoms with Crippen LogP contribution in [0, 0.1) is 6.92 Å². The molecule has 0 N–H and O–H groups in total. The summed E-state index contributed by atoms with van der Waals surface area (Å²) in [5, 5.41) is 1.69. The standard InChI is InChI=1S/C23H20N2O2/c1-3-26-18-11-12-21-19(14-18)20(25-23-6-4-5-13-24-23)15-22(27-21)17-9-7-16(2)8-10-17/h4-15H,3H2,1-2H3/b25-20+. The highest BCUT2D eigenvalue weighted by molar-refractivity contribution is 5.80. The van der Waals surface area contributed by atoms with E-state index < -0.39 is 0 Å². The molecule has 2 aromatic carbocycles. The van der Waals surface area contributed by atoms with Crippen LogP contribution in [0.5, 0.6) is 5.75 Å². The van der Waals surface area contributed by atoms with Crippen molar-refractivity contribution in [1.82, 2.24) is 4.98 Å². The second-order valence-electron chi connectivity index (χ2n) is 6.25. The molecule has 2 aromatic heterocycles. The minimum Gasteiger partial charge on any atom is -0.494 e. The average Bonchev–Trinajstić information content (AvgIpc) is 2.70. The van der Waals surface area contributed by atoms with Crippen molar-refractivity contribution in [3.05, 3.63) is 83.8 Å². The maximum atomic E-state index is 6.16. The van der Waals surface area contributed by atoms with E-state index >= 15 is 0 Å². The molecule has 0 saturated heterocycles. The molecule has 0 atom stereocenters. The first-order chi connectivity index (χ1) is 13.2. The largest absolute Gasteiger partial charge is 0.494 e. The molecule has 27 heavy (non-hydrogen) atoms.